The highest BCUT2D eigenvalue weighted by Gasteiger charge is 2.83. The molecule has 442 valence electrons. The Kier molecular flexibility index (Phi) is 24.4. The maximum Gasteiger partial charge on any atom is 0.416 e. The summed E-state index contributed by atoms with van der Waals surface area (Å²) in [5, 5.41) is 23.3. The van der Waals surface area contributed by atoms with Crippen LogP contribution in [-0.4, -0.2) is 56.4 Å². The zero-order valence-corrected chi connectivity index (χ0v) is 50.9. The van der Waals surface area contributed by atoms with Crippen molar-refractivity contribution in [3.8, 4) is 17.6 Å². The van der Waals surface area contributed by atoms with Gasteiger partial charge >= 0.3 is 18.1 Å². The van der Waals surface area contributed by atoms with E-state index in [-0.39, 0.29) is 23.2 Å². The second kappa shape index (κ2) is 29.0. The molecule has 0 aromatic heterocycles. The molecule has 6 unspecified atom stereocenters. The number of hydrogen-bond acceptors (Lipinski definition) is 9. The van der Waals surface area contributed by atoms with Gasteiger partial charge in [0, 0.05) is 16.9 Å². The van der Waals surface area contributed by atoms with Crippen molar-refractivity contribution in [1.82, 2.24) is 0 Å². The molecule has 0 heterocycles. The van der Waals surface area contributed by atoms with Crippen LogP contribution < -0.4 is 9.47 Å². The minimum Gasteiger partial charge on any atom is -0.494 e. The van der Waals surface area contributed by atoms with E-state index in [4.69, 9.17) is 18.9 Å². The number of aliphatic hydroxyl groups is 1. The van der Waals surface area contributed by atoms with Crippen molar-refractivity contribution >= 4 is 29.7 Å². The highest BCUT2D eigenvalue weighted by molar-refractivity contribution is 5.89. The van der Waals surface area contributed by atoms with Gasteiger partial charge in [0.15, 0.2) is 5.79 Å². The van der Waals surface area contributed by atoms with Crippen molar-refractivity contribution in [3.63, 3.8) is 0 Å². The summed E-state index contributed by atoms with van der Waals surface area (Å²) >= 11 is 0. The average molecular weight is 1110 g/mol. The largest absolute Gasteiger partial charge is 0.494 e. The van der Waals surface area contributed by atoms with Crippen LogP contribution in [0.5, 0.6) is 11.5 Å². The van der Waals surface area contributed by atoms with Crippen LogP contribution in [0.25, 0.3) is 17.7 Å². The van der Waals surface area contributed by atoms with Crippen LogP contribution in [0, 0.1) is 55.7 Å². The predicted molar refractivity (Wildman–Crippen MR) is 316 cm³/mol. The molecule has 0 spiro atoms. The van der Waals surface area contributed by atoms with E-state index in [1.54, 1.807) is 36.4 Å². The zero-order valence-electron chi connectivity index (χ0n) is 50.9. The van der Waals surface area contributed by atoms with Gasteiger partial charge in [0.2, 0.25) is 0 Å². The maximum absolute atomic E-state index is 15.0. The third-order valence-electron chi connectivity index (χ3n) is 19.2. The van der Waals surface area contributed by atoms with Crippen LogP contribution >= 0.6 is 0 Å². The van der Waals surface area contributed by atoms with Gasteiger partial charge in [-0.15, -0.1) is 0 Å². The van der Waals surface area contributed by atoms with Crippen molar-refractivity contribution < 1.29 is 51.6 Å². The zero-order chi connectivity index (χ0) is 59.6. The van der Waals surface area contributed by atoms with Crippen LogP contribution in [-0.2, 0) is 30.0 Å². The monoisotopic (exact) mass is 1110 g/mol. The standard InChI is InChI=1S/C68H96F3NO8/c1-15-27-51(5)61(6,7)48-65(12)64(11,16-2)68(75,80-45-26-20-18-17-19-23-42-78-58-39-33-54(34-40-58)55(47-72)46-53-28-35-56(36-29-53)67(69,70)71)66(65,13)49-63(10,62(8,9)50(3)4)60(74)79-44-25-22-21-24-43-77-57-37-30-52(31-38-57)32-41-59(73)76-14/h15,27-41,46,50-51,75H,16-26,42-45,48-49H2,1-14H3. The fourth-order valence-corrected chi connectivity index (χ4v) is 12.2. The number of hydrogen-bond donors (Lipinski definition) is 1. The van der Waals surface area contributed by atoms with Gasteiger partial charge < -0.3 is 28.8 Å². The highest BCUT2D eigenvalue weighted by Crippen LogP contribution is 2.81. The van der Waals surface area contributed by atoms with Crippen molar-refractivity contribution in [3.05, 3.63) is 113 Å². The van der Waals surface area contributed by atoms with Crippen LogP contribution in [0.15, 0.2) is 91.0 Å². The molecule has 4 rings (SSSR count). The number of allylic oxidation sites excluding steroid dienone is 3. The smallest absolute Gasteiger partial charge is 0.416 e. The summed E-state index contributed by atoms with van der Waals surface area (Å²) in [7, 11) is 1.35. The Bertz CT molecular complexity index is 2560. The number of alkyl halides is 3. The summed E-state index contributed by atoms with van der Waals surface area (Å²) in [6.07, 6.45) is 15.5. The second-order valence-corrected chi connectivity index (χ2v) is 24.8. The van der Waals surface area contributed by atoms with Crippen LogP contribution in [0.4, 0.5) is 13.2 Å². The average Bonchev–Trinajstić information content (AvgIpc) is 3.49. The molecule has 80 heavy (non-hydrogen) atoms. The molecule has 1 aliphatic carbocycles. The molecule has 9 nitrogen and oxygen atoms in total. The maximum atomic E-state index is 15.0. The van der Waals surface area contributed by atoms with Gasteiger partial charge in [-0.25, -0.2) is 4.79 Å². The number of carbonyl (C=O) groups is 2. The normalized spacial score (nSPS) is 21.9. The summed E-state index contributed by atoms with van der Waals surface area (Å²) in [6, 6.07) is 21.6. The number of ether oxygens (including phenoxy) is 5. The summed E-state index contributed by atoms with van der Waals surface area (Å²) in [6.45, 7) is 30.4. The van der Waals surface area contributed by atoms with E-state index in [1.165, 1.54) is 25.3 Å². The van der Waals surface area contributed by atoms with Crippen molar-refractivity contribution in [2.45, 2.75) is 185 Å². The first-order valence-electron chi connectivity index (χ1n) is 29.2. The van der Waals surface area contributed by atoms with Gasteiger partial charge in [0.1, 0.15) is 11.5 Å². The molecule has 0 saturated heterocycles. The lowest BCUT2D eigenvalue weighted by Gasteiger charge is -2.79. The molecular weight excluding hydrogens is 1020 g/mol. The lowest BCUT2D eigenvalue weighted by atomic mass is 9.28. The molecule has 6 atom stereocenters. The van der Waals surface area contributed by atoms with E-state index in [1.807, 2.05) is 24.3 Å². The van der Waals surface area contributed by atoms with Crippen molar-refractivity contribution in [2.75, 3.05) is 33.5 Å². The number of esters is 2. The predicted octanol–water partition coefficient (Wildman–Crippen LogP) is 17.7. The number of methoxy groups -OCH3 is 1. The minimum atomic E-state index is -4.42. The Labute approximate surface area is 478 Å². The summed E-state index contributed by atoms with van der Waals surface area (Å²) in [5.41, 5.74) is -1.92. The van der Waals surface area contributed by atoms with E-state index in [0.717, 1.165) is 94.1 Å². The lowest BCUT2D eigenvalue weighted by molar-refractivity contribution is -0.472. The first kappa shape index (κ1) is 67.1. The Morgan fingerprint density at radius 2 is 1.19 bits per heavy atom. The van der Waals surface area contributed by atoms with Gasteiger partial charge in [0.25, 0.3) is 0 Å². The number of benzene rings is 3. The fourth-order valence-electron chi connectivity index (χ4n) is 12.2. The molecule has 3 aromatic rings. The third kappa shape index (κ3) is 15.8. The number of carbonyl (C=O) groups excluding carboxylic acids is 2. The summed E-state index contributed by atoms with van der Waals surface area (Å²) < 4.78 is 68.9. The molecular formula is C68H96F3NO8. The Hall–Kier alpha value is -5.38. The fraction of sp³-hybridized carbons (Fsp3) is 0.603. The first-order chi connectivity index (χ1) is 37.6. The van der Waals surface area contributed by atoms with Gasteiger partial charge in [-0.1, -0.05) is 138 Å². The highest BCUT2D eigenvalue weighted by atomic mass is 19.4. The van der Waals surface area contributed by atoms with Crippen molar-refractivity contribution in [1.29, 1.82) is 5.26 Å². The van der Waals surface area contributed by atoms with E-state index in [9.17, 15) is 33.1 Å². The lowest BCUT2D eigenvalue weighted by Crippen LogP contribution is -2.83. The molecule has 0 bridgehead atoms. The SMILES string of the molecule is CC=CC(C)C(C)(C)CC1(C)C(C)(CC)C(O)(OCCCCCCCCOc2ccc(C(C#N)=Cc3ccc(C(F)(F)F)cc3)cc2)C1(C)CC(C)(C(=O)OCCCCCCOc1ccc(C=CC(=O)OC)cc1)C(C)(C)C(C)C. The van der Waals surface area contributed by atoms with E-state index < -0.39 is 50.6 Å². The van der Waals surface area contributed by atoms with Crippen LogP contribution in [0.3, 0.4) is 0 Å². The molecule has 0 radical (unpaired) electrons. The van der Waals surface area contributed by atoms with Gasteiger partial charge in [-0.05, 0) is 177 Å². The van der Waals surface area contributed by atoms with E-state index in [0.29, 0.717) is 61.7 Å². The van der Waals surface area contributed by atoms with Gasteiger partial charge in [0.05, 0.1) is 56.2 Å². The molecule has 0 aliphatic heterocycles. The Morgan fingerprint density at radius 1 is 0.688 bits per heavy atom. The topological polar surface area (TPSA) is 124 Å². The molecule has 3 aromatic carbocycles. The van der Waals surface area contributed by atoms with Gasteiger partial charge in [-0.2, -0.15) is 18.4 Å². The quantitative estimate of drug-likeness (QED) is 0.0121. The number of unbranched alkanes of at least 4 members (excludes halogenated alkanes) is 8. The van der Waals surface area contributed by atoms with E-state index >= 15 is 0 Å². The summed E-state index contributed by atoms with van der Waals surface area (Å²) in [4.78, 5) is 26.4. The molecule has 1 fully saturated rings. The minimum absolute atomic E-state index is 0.123. The molecule has 1 aliphatic rings. The molecule has 12 heteroatoms. The first-order valence-corrected chi connectivity index (χ1v) is 29.2. The Balaban J connectivity index is 1.37. The Morgan fingerprint density at radius 3 is 1.68 bits per heavy atom. The third-order valence-corrected chi connectivity index (χ3v) is 19.2. The summed E-state index contributed by atoms with van der Waals surface area (Å²) in [5.74, 6) is -0.340. The molecule has 1 N–H and O–H groups in total. The second-order valence-electron chi connectivity index (χ2n) is 24.8. The van der Waals surface area contributed by atoms with Gasteiger partial charge in [-0.3, -0.25) is 4.79 Å². The number of halogens is 3. The van der Waals surface area contributed by atoms with Crippen LogP contribution in [0.1, 0.15) is 196 Å². The number of rotatable bonds is 33. The van der Waals surface area contributed by atoms with E-state index in [2.05, 4.69) is 113 Å². The van der Waals surface area contributed by atoms with Crippen molar-refractivity contribution in [2.24, 2.45) is 44.3 Å². The molecule has 0 amide bonds. The number of nitrogens with zero attached hydrogens (tertiary/aromatic N) is 1. The molecule has 1 saturated carbocycles. The number of nitriles is 1. The van der Waals surface area contributed by atoms with Crippen LogP contribution in [0.2, 0.25) is 0 Å².